The minimum atomic E-state index is -0.530. The molecule has 2 aromatic heterocycles. The van der Waals surface area contributed by atoms with Crippen LogP contribution in [0, 0.1) is 17.0 Å². The molecule has 0 saturated carbocycles. The second-order valence-electron chi connectivity index (χ2n) is 5.29. The molecule has 0 fully saturated rings. The predicted octanol–water partition coefficient (Wildman–Crippen LogP) is 3.65. The first kappa shape index (κ1) is 16.7. The molecule has 2 heterocycles. The van der Waals surface area contributed by atoms with Gasteiger partial charge in [0, 0.05) is 10.7 Å². The standard InChI is InChI=1S/C16H13ClN4O4/c1-10-13(17)3-2-4-14(10)19-16(22)15-6-5-12(25-15)9-20-8-11(7-18-20)21(23)24/h2-8H,9H2,1H3,(H,19,22). The molecule has 0 spiro atoms. The van der Waals surface area contributed by atoms with E-state index in [1.165, 1.54) is 16.9 Å². The highest BCUT2D eigenvalue weighted by Gasteiger charge is 2.15. The Hall–Kier alpha value is -3.13. The number of benzene rings is 1. The van der Waals surface area contributed by atoms with E-state index in [9.17, 15) is 14.9 Å². The van der Waals surface area contributed by atoms with Gasteiger partial charge in [-0.05, 0) is 36.8 Å². The molecule has 0 unspecified atom stereocenters. The fourth-order valence-electron chi connectivity index (χ4n) is 2.20. The number of hydrogen-bond acceptors (Lipinski definition) is 5. The van der Waals surface area contributed by atoms with E-state index in [2.05, 4.69) is 10.4 Å². The summed E-state index contributed by atoms with van der Waals surface area (Å²) in [5.74, 6) is 0.157. The minimum absolute atomic E-state index is 0.110. The summed E-state index contributed by atoms with van der Waals surface area (Å²) in [7, 11) is 0. The lowest BCUT2D eigenvalue weighted by molar-refractivity contribution is -0.385. The van der Waals surface area contributed by atoms with E-state index >= 15 is 0 Å². The molecule has 0 aliphatic carbocycles. The van der Waals surface area contributed by atoms with Crippen molar-refractivity contribution in [3.63, 3.8) is 0 Å². The number of aromatic nitrogens is 2. The Kier molecular flexibility index (Phi) is 4.53. The van der Waals surface area contributed by atoms with Gasteiger partial charge in [0.1, 0.15) is 18.2 Å². The van der Waals surface area contributed by atoms with Gasteiger partial charge in [0.05, 0.1) is 11.5 Å². The molecule has 0 atom stereocenters. The van der Waals surface area contributed by atoms with Crippen molar-refractivity contribution in [2.24, 2.45) is 0 Å². The zero-order valence-electron chi connectivity index (χ0n) is 13.1. The first-order chi connectivity index (χ1) is 11.9. The van der Waals surface area contributed by atoms with Crippen LogP contribution in [0.2, 0.25) is 5.02 Å². The molecule has 9 heteroatoms. The van der Waals surface area contributed by atoms with E-state index < -0.39 is 10.8 Å². The number of nitrogens with zero attached hydrogens (tertiary/aromatic N) is 3. The van der Waals surface area contributed by atoms with Crippen LogP contribution in [0.4, 0.5) is 11.4 Å². The number of amides is 1. The number of nitro groups is 1. The molecule has 0 bridgehead atoms. The number of carbonyl (C=O) groups excluding carboxylic acids is 1. The predicted molar refractivity (Wildman–Crippen MR) is 90.8 cm³/mol. The first-order valence-electron chi connectivity index (χ1n) is 7.26. The van der Waals surface area contributed by atoms with Crippen LogP contribution in [-0.4, -0.2) is 20.6 Å². The second-order valence-corrected chi connectivity index (χ2v) is 5.69. The molecule has 0 aliphatic heterocycles. The van der Waals surface area contributed by atoms with Gasteiger partial charge in [-0.25, -0.2) is 0 Å². The average molecular weight is 361 g/mol. The van der Waals surface area contributed by atoms with Crippen LogP contribution in [0.3, 0.4) is 0 Å². The van der Waals surface area contributed by atoms with Gasteiger partial charge in [-0.3, -0.25) is 19.6 Å². The molecule has 3 aromatic rings. The highest BCUT2D eigenvalue weighted by Crippen LogP contribution is 2.23. The Bertz CT molecular complexity index is 947. The third-order valence-electron chi connectivity index (χ3n) is 3.55. The topological polar surface area (TPSA) is 103 Å². The monoisotopic (exact) mass is 360 g/mol. The van der Waals surface area contributed by atoms with Crippen molar-refractivity contribution in [3.05, 3.63) is 74.9 Å². The van der Waals surface area contributed by atoms with E-state index in [1.807, 2.05) is 0 Å². The average Bonchev–Trinajstić information content (AvgIpc) is 3.22. The largest absolute Gasteiger partial charge is 0.454 e. The lowest BCUT2D eigenvalue weighted by Crippen LogP contribution is -2.12. The number of carbonyl (C=O) groups is 1. The molecule has 1 amide bonds. The zero-order valence-corrected chi connectivity index (χ0v) is 13.9. The quantitative estimate of drug-likeness (QED) is 0.552. The van der Waals surface area contributed by atoms with Crippen LogP contribution in [0.5, 0.6) is 0 Å². The Morgan fingerprint density at radius 3 is 2.92 bits per heavy atom. The van der Waals surface area contributed by atoms with Crippen molar-refractivity contribution < 1.29 is 14.1 Å². The summed E-state index contributed by atoms with van der Waals surface area (Å²) in [6, 6.07) is 8.37. The lowest BCUT2D eigenvalue weighted by Gasteiger charge is -2.08. The Labute approximate surface area is 147 Å². The Morgan fingerprint density at radius 1 is 1.40 bits per heavy atom. The van der Waals surface area contributed by atoms with E-state index in [0.717, 1.165) is 11.8 Å². The van der Waals surface area contributed by atoms with E-state index in [0.29, 0.717) is 16.5 Å². The molecule has 1 N–H and O–H groups in total. The maximum Gasteiger partial charge on any atom is 0.307 e. The van der Waals surface area contributed by atoms with Gasteiger partial charge >= 0.3 is 5.69 Å². The maximum absolute atomic E-state index is 12.3. The number of hydrogen-bond donors (Lipinski definition) is 1. The van der Waals surface area contributed by atoms with Gasteiger partial charge < -0.3 is 9.73 Å². The van der Waals surface area contributed by atoms with Crippen LogP contribution in [0.1, 0.15) is 21.9 Å². The van der Waals surface area contributed by atoms with Crippen molar-refractivity contribution in [3.8, 4) is 0 Å². The minimum Gasteiger partial charge on any atom is -0.454 e. The van der Waals surface area contributed by atoms with Crippen molar-refractivity contribution in [2.45, 2.75) is 13.5 Å². The normalized spacial score (nSPS) is 10.6. The molecule has 128 valence electrons. The molecule has 0 aliphatic rings. The van der Waals surface area contributed by atoms with Gasteiger partial charge in [0.15, 0.2) is 5.76 Å². The summed E-state index contributed by atoms with van der Waals surface area (Å²) in [4.78, 5) is 22.4. The molecule has 3 rings (SSSR count). The summed E-state index contributed by atoms with van der Waals surface area (Å²) < 4.78 is 6.85. The SMILES string of the molecule is Cc1c(Cl)cccc1NC(=O)c1ccc(Cn2cc([N+](=O)[O-])cn2)o1. The van der Waals surface area contributed by atoms with Crippen LogP contribution >= 0.6 is 11.6 Å². The first-order valence-corrected chi connectivity index (χ1v) is 7.64. The number of rotatable bonds is 5. The van der Waals surface area contributed by atoms with Gasteiger partial charge in [0.25, 0.3) is 5.91 Å². The molecule has 1 aromatic carbocycles. The van der Waals surface area contributed by atoms with E-state index in [4.69, 9.17) is 16.0 Å². The van der Waals surface area contributed by atoms with Gasteiger partial charge in [-0.1, -0.05) is 17.7 Å². The molecular formula is C16H13ClN4O4. The highest BCUT2D eigenvalue weighted by molar-refractivity contribution is 6.31. The summed E-state index contributed by atoms with van der Waals surface area (Å²) in [5, 5.41) is 17.8. The number of nitrogens with one attached hydrogen (secondary N) is 1. The van der Waals surface area contributed by atoms with Gasteiger partial charge in [-0.2, -0.15) is 5.10 Å². The number of halogens is 1. The third kappa shape index (κ3) is 3.69. The molecule has 0 radical (unpaired) electrons. The summed E-state index contributed by atoms with van der Waals surface area (Å²) in [6.07, 6.45) is 2.44. The molecular weight excluding hydrogens is 348 g/mol. The molecule has 8 nitrogen and oxygen atoms in total. The maximum atomic E-state index is 12.3. The van der Waals surface area contributed by atoms with E-state index in [1.54, 1.807) is 31.2 Å². The summed E-state index contributed by atoms with van der Waals surface area (Å²) >= 11 is 6.03. The smallest absolute Gasteiger partial charge is 0.307 e. The van der Waals surface area contributed by atoms with Crippen LogP contribution in [-0.2, 0) is 6.54 Å². The third-order valence-corrected chi connectivity index (χ3v) is 3.96. The van der Waals surface area contributed by atoms with E-state index in [-0.39, 0.29) is 18.0 Å². The fourth-order valence-corrected chi connectivity index (χ4v) is 2.38. The lowest BCUT2D eigenvalue weighted by atomic mass is 10.2. The Balaban J connectivity index is 1.71. The number of furan rings is 1. The number of anilines is 1. The molecule has 25 heavy (non-hydrogen) atoms. The summed E-state index contributed by atoms with van der Waals surface area (Å²) in [6.45, 7) is 1.98. The van der Waals surface area contributed by atoms with Crippen molar-refractivity contribution in [2.75, 3.05) is 5.32 Å². The van der Waals surface area contributed by atoms with Crippen molar-refractivity contribution in [1.82, 2.24) is 9.78 Å². The van der Waals surface area contributed by atoms with Crippen LogP contribution < -0.4 is 5.32 Å². The van der Waals surface area contributed by atoms with Crippen LogP contribution in [0.15, 0.2) is 47.1 Å². The Morgan fingerprint density at radius 2 is 2.20 bits per heavy atom. The van der Waals surface area contributed by atoms with Crippen LogP contribution in [0.25, 0.3) is 0 Å². The van der Waals surface area contributed by atoms with Crippen molar-refractivity contribution in [1.29, 1.82) is 0 Å². The van der Waals surface area contributed by atoms with Crippen molar-refractivity contribution >= 4 is 28.9 Å². The fraction of sp³-hybridized carbons (Fsp3) is 0.125. The highest BCUT2D eigenvalue weighted by atomic mass is 35.5. The molecule has 0 saturated heterocycles. The second kappa shape index (κ2) is 6.78. The van der Waals surface area contributed by atoms with Gasteiger partial charge in [0.2, 0.25) is 0 Å². The summed E-state index contributed by atoms with van der Waals surface area (Å²) in [5.41, 5.74) is 1.24. The van der Waals surface area contributed by atoms with Gasteiger partial charge in [-0.15, -0.1) is 0 Å². The zero-order chi connectivity index (χ0) is 18.0.